The lowest BCUT2D eigenvalue weighted by molar-refractivity contribution is -0.384. The number of hydrogen-bond acceptors (Lipinski definition) is 4. The number of nitrogens with one attached hydrogen (secondary N) is 1. The van der Waals surface area contributed by atoms with Crippen molar-refractivity contribution in [2.45, 2.75) is 0 Å². The van der Waals surface area contributed by atoms with Crippen LogP contribution in [-0.2, 0) is 0 Å². The van der Waals surface area contributed by atoms with Gasteiger partial charge in [0.05, 0.1) is 10.4 Å². The zero-order valence-electron chi connectivity index (χ0n) is 9.08. The predicted molar refractivity (Wildman–Crippen MR) is 67.9 cm³/mol. The first-order valence-electron chi connectivity index (χ1n) is 5.23. The lowest BCUT2D eigenvalue weighted by atomic mass is 10.1. The number of aromatic amines is 1. The molecule has 0 aliphatic carbocycles. The van der Waals surface area contributed by atoms with Gasteiger partial charge in [0.15, 0.2) is 0 Å². The van der Waals surface area contributed by atoms with E-state index in [0.717, 1.165) is 10.9 Å². The van der Waals surface area contributed by atoms with Crippen LogP contribution in [0, 0.1) is 15.0 Å². The van der Waals surface area contributed by atoms with Crippen LogP contribution < -0.4 is 0 Å². The number of nitro benzene ring substituents is 1. The fourth-order valence-corrected chi connectivity index (χ4v) is 2.09. The maximum Gasteiger partial charge on any atom is 0.272 e. The van der Waals surface area contributed by atoms with Crippen molar-refractivity contribution >= 4 is 33.2 Å². The van der Waals surface area contributed by atoms with Gasteiger partial charge >= 0.3 is 0 Å². The SMILES string of the molecule is O=Nc1cc([N+](=O)[O-])cc2c1[nH]c1ccccc12. The molecule has 0 aliphatic heterocycles. The minimum Gasteiger partial charge on any atom is -0.353 e. The highest BCUT2D eigenvalue weighted by Gasteiger charge is 2.15. The van der Waals surface area contributed by atoms with E-state index in [1.54, 1.807) is 0 Å². The minimum atomic E-state index is -0.532. The fourth-order valence-electron chi connectivity index (χ4n) is 2.09. The molecule has 0 saturated carbocycles. The van der Waals surface area contributed by atoms with Gasteiger partial charge in [-0.25, -0.2) is 0 Å². The Kier molecular flexibility index (Phi) is 2.09. The summed E-state index contributed by atoms with van der Waals surface area (Å²) >= 11 is 0. The lowest BCUT2D eigenvalue weighted by Crippen LogP contribution is -1.87. The Balaban J connectivity index is 2.52. The quantitative estimate of drug-likeness (QED) is 0.422. The van der Waals surface area contributed by atoms with Gasteiger partial charge in [-0.2, -0.15) is 0 Å². The van der Waals surface area contributed by atoms with Gasteiger partial charge in [0.2, 0.25) is 0 Å². The van der Waals surface area contributed by atoms with E-state index in [-0.39, 0.29) is 11.4 Å². The second kappa shape index (κ2) is 3.63. The van der Waals surface area contributed by atoms with E-state index in [9.17, 15) is 15.0 Å². The third kappa shape index (κ3) is 1.36. The van der Waals surface area contributed by atoms with Gasteiger partial charge in [0.25, 0.3) is 5.69 Å². The van der Waals surface area contributed by atoms with Crippen LogP contribution in [0.3, 0.4) is 0 Å². The first kappa shape index (κ1) is 10.4. The number of rotatable bonds is 2. The van der Waals surface area contributed by atoms with Crippen LogP contribution in [0.15, 0.2) is 41.6 Å². The molecule has 0 unspecified atom stereocenters. The van der Waals surface area contributed by atoms with E-state index in [0.29, 0.717) is 10.9 Å². The Bertz CT molecular complexity index is 792. The molecule has 1 N–H and O–H groups in total. The number of nitro groups is 1. The van der Waals surface area contributed by atoms with Crippen molar-refractivity contribution in [1.29, 1.82) is 0 Å². The van der Waals surface area contributed by atoms with E-state index in [1.807, 2.05) is 24.3 Å². The summed E-state index contributed by atoms with van der Waals surface area (Å²) < 4.78 is 0. The average Bonchev–Trinajstić information content (AvgIpc) is 2.76. The van der Waals surface area contributed by atoms with Gasteiger partial charge in [-0.3, -0.25) is 10.1 Å². The van der Waals surface area contributed by atoms with Crippen molar-refractivity contribution < 1.29 is 4.92 Å². The monoisotopic (exact) mass is 241 g/mol. The number of nitrogens with zero attached hydrogens (tertiary/aromatic N) is 2. The van der Waals surface area contributed by atoms with Crippen molar-refractivity contribution in [3.63, 3.8) is 0 Å². The number of non-ortho nitro benzene ring substituents is 1. The molecule has 0 bridgehead atoms. The summed E-state index contributed by atoms with van der Waals surface area (Å²) in [5.74, 6) is 0. The topological polar surface area (TPSA) is 88.4 Å². The number of para-hydroxylation sites is 1. The summed E-state index contributed by atoms with van der Waals surface area (Å²) in [7, 11) is 0. The van der Waals surface area contributed by atoms with Crippen molar-refractivity contribution in [3.8, 4) is 0 Å². The second-order valence-electron chi connectivity index (χ2n) is 3.91. The van der Waals surface area contributed by atoms with Crippen molar-refractivity contribution in [2.75, 3.05) is 0 Å². The van der Waals surface area contributed by atoms with Crippen LogP contribution in [0.25, 0.3) is 21.8 Å². The molecule has 0 atom stereocenters. The smallest absolute Gasteiger partial charge is 0.272 e. The van der Waals surface area contributed by atoms with E-state index in [2.05, 4.69) is 10.2 Å². The van der Waals surface area contributed by atoms with Gasteiger partial charge < -0.3 is 4.98 Å². The van der Waals surface area contributed by atoms with E-state index in [4.69, 9.17) is 0 Å². The largest absolute Gasteiger partial charge is 0.353 e. The van der Waals surface area contributed by atoms with Gasteiger partial charge in [-0.1, -0.05) is 18.2 Å². The van der Waals surface area contributed by atoms with Crippen molar-refractivity contribution in [2.24, 2.45) is 5.18 Å². The zero-order valence-corrected chi connectivity index (χ0v) is 9.08. The Hall–Kier alpha value is -2.76. The molecule has 0 amide bonds. The van der Waals surface area contributed by atoms with E-state index < -0.39 is 4.92 Å². The summed E-state index contributed by atoms with van der Waals surface area (Å²) in [4.78, 5) is 24.1. The molecule has 2 aromatic carbocycles. The highest BCUT2D eigenvalue weighted by molar-refractivity contribution is 6.11. The Labute approximate surface area is 100 Å². The first-order chi connectivity index (χ1) is 8.70. The maximum absolute atomic E-state index is 10.8. The molecule has 1 aromatic heterocycles. The average molecular weight is 241 g/mol. The predicted octanol–water partition coefficient (Wildman–Crippen LogP) is 3.63. The van der Waals surface area contributed by atoms with Gasteiger partial charge in [0.1, 0.15) is 5.69 Å². The summed E-state index contributed by atoms with van der Waals surface area (Å²) in [5.41, 5.74) is 1.26. The molecule has 88 valence electrons. The maximum atomic E-state index is 10.8. The highest BCUT2D eigenvalue weighted by Crippen LogP contribution is 2.35. The molecule has 0 radical (unpaired) electrons. The Morgan fingerprint density at radius 3 is 2.67 bits per heavy atom. The third-order valence-electron chi connectivity index (χ3n) is 2.89. The van der Waals surface area contributed by atoms with Crippen molar-refractivity contribution in [1.82, 2.24) is 4.98 Å². The Morgan fingerprint density at radius 1 is 1.17 bits per heavy atom. The fraction of sp³-hybridized carbons (Fsp3) is 0. The molecule has 1 heterocycles. The van der Waals surface area contributed by atoms with E-state index >= 15 is 0 Å². The van der Waals surface area contributed by atoms with Crippen LogP contribution >= 0.6 is 0 Å². The number of hydrogen-bond donors (Lipinski definition) is 1. The summed E-state index contributed by atoms with van der Waals surface area (Å²) in [6.07, 6.45) is 0. The molecule has 6 heteroatoms. The van der Waals surface area contributed by atoms with Crippen LogP contribution in [0.2, 0.25) is 0 Å². The molecule has 6 nitrogen and oxygen atoms in total. The molecular formula is C12H7N3O3. The molecule has 0 aliphatic rings. The van der Waals surface area contributed by atoms with Gasteiger partial charge in [-0.05, 0) is 11.2 Å². The van der Waals surface area contributed by atoms with Crippen LogP contribution in [0.5, 0.6) is 0 Å². The van der Waals surface area contributed by atoms with Gasteiger partial charge in [-0.15, -0.1) is 4.91 Å². The summed E-state index contributed by atoms with van der Waals surface area (Å²) in [6, 6.07) is 9.98. The first-order valence-corrected chi connectivity index (χ1v) is 5.23. The molecular weight excluding hydrogens is 234 g/mol. The number of nitroso groups, excluding NO2 is 1. The zero-order chi connectivity index (χ0) is 12.7. The number of benzene rings is 2. The van der Waals surface area contributed by atoms with Crippen molar-refractivity contribution in [3.05, 3.63) is 51.4 Å². The molecule has 0 spiro atoms. The van der Waals surface area contributed by atoms with E-state index in [1.165, 1.54) is 12.1 Å². The van der Waals surface area contributed by atoms with Crippen LogP contribution in [0.1, 0.15) is 0 Å². The number of H-pyrrole nitrogens is 1. The lowest BCUT2D eigenvalue weighted by Gasteiger charge is -1.95. The Morgan fingerprint density at radius 2 is 1.94 bits per heavy atom. The third-order valence-corrected chi connectivity index (χ3v) is 2.89. The number of fused-ring (bicyclic) bond motifs is 3. The highest BCUT2D eigenvalue weighted by atomic mass is 16.6. The summed E-state index contributed by atoms with van der Waals surface area (Å²) in [5, 5.41) is 15.1. The molecule has 0 fully saturated rings. The number of aromatic nitrogens is 1. The van der Waals surface area contributed by atoms with Crippen LogP contribution in [0.4, 0.5) is 11.4 Å². The minimum absolute atomic E-state index is 0.0513. The second-order valence-corrected chi connectivity index (χ2v) is 3.91. The standard InChI is InChI=1S/C12H7N3O3/c16-14-11-6-7(15(17)18)5-9-8-3-1-2-4-10(8)13-12(9)11/h1-6,13H. The summed E-state index contributed by atoms with van der Waals surface area (Å²) in [6.45, 7) is 0. The molecule has 18 heavy (non-hydrogen) atoms. The normalized spacial score (nSPS) is 10.9. The molecule has 0 saturated heterocycles. The van der Waals surface area contributed by atoms with Gasteiger partial charge in [0, 0.05) is 28.4 Å². The van der Waals surface area contributed by atoms with Crippen LogP contribution in [-0.4, -0.2) is 9.91 Å². The molecule has 3 rings (SSSR count). The molecule has 3 aromatic rings.